The number of carbonyl (C=O) groups excluding carboxylic acids is 1. The number of rotatable bonds is 8. The fourth-order valence-electron chi connectivity index (χ4n) is 2.56. The molecule has 1 aromatic carbocycles. The van der Waals surface area contributed by atoms with Crippen LogP contribution in [0.5, 0.6) is 0 Å². The molecule has 3 nitrogen and oxygen atoms in total. The Morgan fingerprint density at radius 3 is 2.25 bits per heavy atom. The number of amides is 1. The zero-order chi connectivity index (χ0) is 15.0. The van der Waals surface area contributed by atoms with Crippen LogP contribution in [0.1, 0.15) is 57.9 Å². The lowest BCUT2D eigenvalue weighted by molar-refractivity contribution is -0.123. The minimum atomic E-state index is -0.244. The van der Waals surface area contributed by atoms with E-state index in [4.69, 9.17) is 5.73 Å². The molecule has 0 aliphatic rings. The van der Waals surface area contributed by atoms with Gasteiger partial charge in [0.25, 0.3) is 0 Å². The van der Waals surface area contributed by atoms with Crippen LogP contribution in [0.25, 0.3) is 0 Å². The van der Waals surface area contributed by atoms with Gasteiger partial charge < -0.3 is 11.1 Å². The summed E-state index contributed by atoms with van der Waals surface area (Å²) in [4.78, 5) is 12.3. The Morgan fingerprint density at radius 1 is 1.20 bits per heavy atom. The van der Waals surface area contributed by atoms with Crippen LogP contribution in [0.3, 0.4) is 0 Å². The van der Waals surface area contributed by atoms with Gasteiger partial charge in [-0.1, -0.05) is 51.1 Å². The van der Waals surface area contributed by atoms with Gasteiger partial charge in [0.05, 0.1) is 5.54 Å². The predicted octanol–water partition coefficient (Wildman–Crippen LogP) is 3.20. The van der Waals surface area contributed by atoms with Gasteiger partial charge in [0.15, 0.2) is 0 Å². The minimum absolute atomic E-state index is 0.106. The van der Waals surface area contributed by atoms with Gasteiger partial charge in [0.2, 0.25) is 5.91 Å². The summed E-state index contributed by atoms with van der Waals surface area (Å²) in [5, 5.41) is 3.15. The number of hydrogen-bond donors (Lipinski definition) is 2. The third-order valence-corrected chi connectivity index (χ3v) is 4.34. The van der Waals surface area contributed by atoms with Gasteiger partial charge in [-0.25, -0.2) is 0 Å². The smallest absolute Gasteiger partial charge is 0.221 e. The molecule has 3 N–H and O–H groups in total. The van der Waals surface area contributed by atoms with E-state index in [0.717, 1.165) is 19.3 Å². The van der Waals surface area contributed by atoms with Gasteiger partial charge in [-0.05, 0) is 30.7 Å². The Hall–Kier alpha value is -1.35. The second-order valence-electron chi connectivity index (χ2n) is 5.46. The maximum atomic E-state index is 12.3. The summed E-state index contributed by atoms with van der Waals surface area (Å²) in [6, 6.07) is 10.2. The summed E-state index contributed by atoms with van der Waals surface area (Å²) in [5.74, 6) is 0.384. The summed E-state index contributed by atoms with van der Waals surface area (Å²) >= 11 is 0. The van der Waals surface area contributed by atoms with Crippen molar-refractivity contribution in [1.29, 1.82) is 0 Å². The number of nitrogens with one attached hydrogen (secondary N) is 1. The standard InChI is InChI=1S/C17H28N2O/c1-4-14(15-10-8-7-9-11-15)12-16(20)19-17(5-2,6-3)13-18/h7-11,14H,4-6,12-13,18H2,1-3H3,(H,19,20). The van der Waals surface area contributed by atoms with E-state index in [1.165, 1.54) is 5.56 Å². The van der Waals surface area contributed by atoms with Gasteiger partial charge in [-0.2, -0.15) is 0 Å². The molecule has 0 bridgehead atoms. The maximum Gasteiger partial charge on any atom is 0.221 e. The Bertz CT molecular complexity index is 390. The molecule has 20 heavy (non-hydrogen) atoms. The molecule has 112 valence electrons. The third kappa shape index (κ3) is 4.34. The first-order valence-corrected chi connectivity index (χ1v) is 7.66. The van der Waals surface area contributed by atoms with Crippen molar-refractivity contribution in [3.8, 4) is 0 Å². The molecule has 0 aliphatic carbocycles. The van der Waals surface area contributed by atoms with E-state index in [2.05, 4.69) is 38.2 Å². The molecular weight excluding hydrogens is 248 g/mol. The highest BCUT2D eigenvalue weighted by Gasteiger charge is 2.27. The quantitative estimate of drug-likeness (QED) is 0.766. The highest BCUT2D eigenvalue weighted by atomic mass is 16.1. The van der Waals surface area contributed by atoms with Gasteiger partial charge >= 0.3 is 0 Å². The van der Waals surface area contributed by atoms with Crippen LogP contribution in [0.15, 0.2) is 30.3 Å². The zero-order valence-electron chi connectivity index (χ0n) is 13.0. The largest absolute Gasteiger partial charge is 0.349 e. The summed E-state index contributed by atoms with van der Waals surface area (Å²) in [6.45, 7) is 6.77. The number of nitrogens with two attached hydrogens (primary N) is 1. The van der Waals surface area contributed by atoms with Crippen molar-refractivity contribution in [2.45, 2.75) is 57.9 Å². The van der Waals surface area contributed by atoms with Crippen molar-refractivity contribution >= 4 is 5.91 Å². The normalized spacial score (nSPS) is 13.0. The van der Waals surface area contributed by atoms with Crippen LogP contribution in [-0.4, -0.2) is 18.0 Å². The van der Waals surface area contributed by atoms with E-state index in [1.54, 1.807) is 0 Å². The van der Waals surface area contributed by atoms with Gasteiger partial charge in [0.1, 0.15) is 0 Å². The Balaban J connectivity index is 2.69. The second kappa shape index (κ2) is 8.05. The second-order valence-corrected chi connectivity index (χ2v) is 5.46. The average molecular weight is 276 g/mol. The van der Waals surface area contributed by atoms with E-state index >= 15 is 0 Å². The van der Waals surface area contributed by atoms with Crippen molar-refractivity contribution in [2.75, 3.05) is 6.54 Å². The van der Waals surface area contributed by atoms with Gasteiger partial charge in [0, 0.05) is 13.0 Å². The molecule has 1 amide bonds. The number of benzene rings is 1. The molecule has 1 aromatic rings. The van der Waals surface area contributed by atoms with Gasteiger partial charge in [-0.3, -0.25) is 4.79 Å². The molecule has 1 atom stereocenters. The van der Waals surface area contributed by atoms with Crippen LogP contribution in [0.2, 0.25) is 0 Å². The lowest BCUT2D eigenvalue weighted by Crippen LogP contribution is -2.53. The first kappa shape index (κ1) is 16.7. The SMILES string of the molecule is CCC(CC(=O)NC(CC)(CC)CN)c1ccccc1. The summed E-state index contributed by atoms with van der Waals surface area (Å²) in [6.07, 6.45) is 3.23. The minimum Gasteiger partial charge on any atom is -0.349 e. The zero-order valence-corrected chi connectivity index (χ0v) is 13.0. The Kier molecular flexibility index (Phi) is 6.73. The summed E-state index contributed by atoms with van der Waals surface area (Å²) in [7, 11) is 0. The van der Waals surface area contributed by atoms with Crippen LogP contribution < -0.4 is 11.1 Å². The highest BCUT2D eigenvalue weighted by Crippen LogP contribution is 2.23. The van der Waals surface area contributed by atoms with Crippen LogP contribution in [0, 0.1) is 0 Å². The van der Waals surface area contributed by atoms with E-state index in [1.807, 2.05) is 18.2 Å². The molecule has 0 saturated carbocycles. The van der Waals surface area contributed by atoms with Gasteiger partial charge in [-0.15, -0.1) is 0 Å². The molecule has 0 aromatic heterocycles. The average Bonchev–Trinajstić information content (AvgIpc) is 2.51. The topological polar surface area (TPSA) is 55.1 Å². The summed E-state index contributed by atoms with van der Waals surface area (Å²) < 4.78 is 0. The molecule has 0 saturated heterocycles. The van der Waals surface area contributed by atoms with Crippen LogP contribution in [0.4, 0.5) is 0 Å². The third-order valence-electron chi connectivity index (χ3n) is 4.34. The van der Waals surface area contributed by atoms with E-state index < -0.39 is 0 Å². The van der Waals surface area contributed by atoms with Crippen molar-refractivity contribution < 1.29 is 4.79 Å². The molecule has 3 heteroatoms. The fraction of sp³-hybridized carbons (Fsp3) is 0.588. The predicted molar refractivity (Wildman–Crippen MR) is 84.6 cm³/mol. The first-order valence-electron chi connectivity index (χ1n) is 7.66. The van der Waals surface area contributed by atoms with Crippen molar-refractivity contribution in [3.05, 3.63) is 35.9 Å². The number of carbonyl (C=O) groups is 1. The first-order chi connectivity index (χ1) is 9.60. The highest BCUT2D eigenvalue weighted by molar-refractivity contribution is 5.77. The van der Waals surface area contributed by atoms with Crippen molar-refractivity contribution in [2.24, 2.45) is 5.73 Å². The molecule has 0 heterocycles. The lowest BCUT2D eigenvalue weighted by Gasteiger charge is -2.32. The molecule has 0 aliphatic heterocycles. The monoisotopic (exact) mass is 276 g/mol. The Labute approximate surface area is 122 Å². The van der Waals surface area contributed by atoms with Crippen LogP contribution >= 0.6 is 0 Å². The van der Waals surface area contributed by atoms with E-state index in [-0.39, 0.29) is 17.4 Å². The van der Waals surface area contributed by atoms with E-state index in [0.29, 0.717) is 13.0 Å². The molecule has 0 spiro atoms. The Morgan fingerprint density at radius 2 is 1.80 bits per heavy atom. The van der Waals surface area contributed by atoms with Crippen molar-refractivity contribution in [3.63, 3.8) is 0 Å². The molecule has 0 fully saturated rings. The lowest BCUT2D eigenvalue weighted by atomic mass is 9.90. The maximum absolute atomic E-state index is 12.3. The fourth-order valence-corrected chi connectivity index (χ4v) is 2.56. The van der Waals surface area contributed by atoms with E-state index in [9.17, 15) is 4.79 Å². The molecule has 1 unspecified atom stereocenters. The molecular formula is C17H28N2O. The van der Waals surface area contributed by atoms with Crippen LogP contribution in [-0.2, 0) is 4.79 Å². The number of hydrogen-bond acceptors (Lipinski definition) is 2. The molecule has 0 radical (unpaired) electrons. The van der Waals surface area contributed by atoms with Crippen molar-refractivity contribution in [1.82, 2.24) is 5.32 Å². The molecule has 1 rings (SSSR count). The summed E-state index contributed by atoms with van der Waals surface area (Å²) in [5.41, 5.74) is 6.83.